The van der Waals surface area contributed by atoms with Gasteiger partial charge in [-0.15, -0.1) is 11.3 Å². The molecule has 0 atom stereocenters. The van der Waals surface area contributed by atoms with Gasteiger partial charge in [-0.2, -0.15) is 0 Å². The van der Waals surface area contributed by atoms with E-state index in [0.717, 1.165) is 30.2 Å². The van der Waals surface area contributed by atoms with E-state index in [0.29, 0.717) is 35.2 Å². The number of rotatable bonds is 6. The van der Waals surface area contributed by atoms with Gasteiger partial charge in [0, 0.05) is 38.3 Å². The minimum absolute atomic E-state index is 0.0731. The second-order valence-electron chi connectivity index (χ2n) is 6.31. The standard InChI is InChI=1S/C19H25N3O4S/c1-13-20-11-16(27-13)19(23)22-9-7-21(8-10-22)12-14-5-6-15(24-2)18(26-4)17(14)25-3/h5-6,11H,7-10,12H2,1-4H3. The van der Waals surface area contributed by atoms with Crippen molar-refractivity contribution in [3.05, 3.63) is 33.8 Å². The van der Waals surface area contributed by atoms with Crippen LogP contribution in [0, 0.1) is 6.92 Å². The van der Waals surface area contributed by atoms with E-state index in [-0.39, 0.29) is 5.91 Å². The lowest BCUT2D eigenvalue weighted by atomic mass is 10.1. The summed E-state index contributed by atoms with van der Waals surface area (Å²) in [5, 5.41) is 0.914. The summed E-state index contributed by atoms with van der Waals surface area (Å²) in [7, 11) is 4.85. The van der Waals surface area contributed by atoms with Crippen molar-refractivity contribution in [1.29, 1.82) is 0 Å². The highest BCUT2D eigenvalue weighted by Crippen LogP contribution is 2.40. The second-order valence-corrected chi connectivity index (χ2v) is 7.54. The van der Waals surface area contributed by atoms with Crippen LogP contribution in [-0.4, -0.2) is 68.2 Å². The van der Waals surface area contributed by atoms with Gasteiger partial charge in [0.25, 0.3) is 5.91 Å². The quantitative estimate of drug-likeness (QED) is 0.754. The summed E-state index contributed by atoms with van der Waals surface area (Å²) in [4.78, 5) is 21.7. The number of carbonyl (C=O) groups is 1. The van der Waals surface area contributed by atoms with Gasteiger partial charge in [0.1, 0.15) is 4.88 Å². The van der Waals surface area contributed by atoms with Crippen LogP contribution >= 0.6 is 11.3 Å². The van der Waals surface area contributed by atoms with Gasteiger partial charge in [-0.1, -0.05) is 6.07 Å². The molecule has 8 heteroatoms. The summed E-state index contributed by atoms with van der Waals surface area (Å²) in [5.41, 5.74) is 1.04. The van der Waals surface area contributed by atoms with Crippen molar-refractivity contribution < 1.29 is 19.0 Å². The van der Waals surface area contributed by atoms with E-state index >= 15 is 0 Å². The maximum Gasteiger partial charge on any atom is 0.265 e. The maximum atomic E-state index is 12.6. The Kier molecular flexibility index (Phi) is 6.18. The molecule has 27 heavy (non-hydrogen) atoms. The smallest absolute Gasteiger partial charge is 0.265 e. The summed E-state index contributed by atoms with van der Waals surface area (Å²) < 4.78 is 16.4. The van der Waals surface area contributed by atoms with Crippen molar-refractivity contribution >= 4 is 17.2 Å². The van der Waals surface area contributed by atoms with Crippen molar-refractivity contribution in [3.63, 3.8) is 0 Å². The summed E-state index contributed by atoms with van der Waals surface area (Å²) in [6.07, 6.45) is 1.67. The summed E-state index contributed by atoms with van der Waals surface area (Å²) >= 11 is 1.45. The molecule has 1 saturated heterocycles. The minimum atomic E-state index is 0.0731. The number of hydrogen-bond acceptors (Lipinski definition) is 7. The molecule has 0 N–H and O–H groups in total. The fourth-order valence-corrected chi connectivity index (χ4v) is 4.00. The molecule has 0 radical (unpaired) electrons. The van der Waals surface area contributed by atoms with Crippen LogP contribution in [-0.2, 0) is 6.54 Å². The van der Waals surface area contributed by atoms with Gasteiger partial charge < -0.3 is 19.1 Å². The first-order valence-electron chi connectivity index (χ1n) is 8.79. The molecule has 1 aromatic heterocycles. The van der Waals surface area contributed by atoms with Gasteiger partial charge in [0.15, 0.2) is 11.5 Å². The molecular weight excluding hydrogens is 366 g/mol. The van der Waals surface area contributed by atoms with E-state index in [9.17, 15) is 4.79 Å². The molecule has 0 unspecified atom stereocenters. The third-order valence-corrected chi connectivity index (χ3v) is 5.57. The number of benzene rings is 1. The molecule has 1 aliphatic rings. The molecular formula is C19H25N3O4S. The molecule has 2 aromatic rings. The number of carbonyl (C=O) groups excluding carboxylic acids is 1. The SMILES string of the molecule is COc1ccc(CN2CCN(C(=O)c3cnc(C)s3)CC2)c(OC)c1OC. The number of piperazine rings is 1. The minimum Gasteiger partial charge on any atom is -0.493 e. The summed E-state index contributed by atoms with van der Waals surface area (Å²) in [6, 6.07) is 3.89. The highest BCUT2D eigenvalue weighted by molar-refractivity contribution is 7.13. The maximum absolute atomic E-state index is 12.6. The first-order chi connectivity index (χ1) is 13.1. The Bertz CT molecular complexity index is 800. The van der Waals surface area contributed by atoms with Crippen LogP contribution in [0.15, 0.2) is 18.3 Å². The zero-order valence-electron chi connectivity index (χ0n) is 16.2. The number of ether oxygens (including phenoxy) is 3. The van der Waals surface area contributed by atoms with Gasteiger partial charge in [-0.05, 0) is 13.0 Å². The molecule has 1 fully saturated rings. The monoisotopic (exact) mass is 391 g/mol. The lowest BCUT2D eigenvalue weighted by molar-refractivity contribution is 0.0632. The van der Waals surface area contributed by atoms with E-state index in [1.165, 1.54) is 11.3 Å². The molecule has 7 nitrogen and oxygen atoms in total. The lowest BCUT2D eigenvalue weighted by Crippen LogP contribution is -2.48. The number of hydrogen-bond donors (Lipinski definition) is 0. The van der Waals surface area contributed by atoms with Crippen LogP contribution < -0.4 is 14.2 Å². The largest absolute Gasteiger partial charge is 0.493 e. The Balaban J connectivity index is 1.65. The molecule has 0 saturated carbocycles. The Morgan fingerprint density at radius 2 is 1.78 bits per heavy atom. The molecule has 0 spiro atoms. The number of amides is 1. The van der Waals surface area contributed by atoms with Gasteiger partial charge in [0.05, 0.1) is 32.5 Å². The fraction of sp³-hybridized carbons (Fsp3) is 0.474. The third-order valence-electron chi connectivity index (χ3n) is 4.67. The normalized spacial score (nSPS) is 14.9. The number of methoxy groups -OCH3 is 3. The molecule has 0 bridgehead atoms. The van der Waals surface area contributed by atoms with Crippen LogP contribution in [0.1, 0.15) is 20.2 Å². The van der Waals surface area contributed by atoms with Crippen LogP contribution in [0.25, 0.3) is 0 Å². The van der Waals surface area contributed by atoms with Gasteiger partial charge in [-0.3, -0.25) is 9.69 Å². The van der Waals surface area contributed by atoms with Crippen LogP contribution in [0.4, 0.5) is 0 Å². The molecule has 2 heterocycles. The van der Waals surface area contributed by atoms with Crippen LogP contribution in [0.2, 0.25) is 0 Å². The van der Waals surface area contributed by atoms with Gasteiger partial charge in [0.2, 0.25) is 5.75 Å². The molecule has 1 amide bonds. The van der Waals surface area contributed by atoms with Gasteiger partial charge >= 0.3 is 0 Å². The van der Waals surface area contributed by atoms with Crippen molar-refractivity contribution in [2.45, 2.75) is 13.5 Å². The van der Waals surface area contributed by atoms with Gasteiger partial charge in [-0.25, -0.2) is 4.98 Å². The molecule has 0 aliphatic carbocycles. The van der Waals surface area contributed by atoms with E-state index in [1.807, 2.05) is 24.0 Å². The van der Waals surface area contributed by atoms with E-state index in [2.05, 4.69) is 9.88 Å². The Morgan fingerprint density at radius 1 is 1.07 bits per heavy atom. The predicted octanol–water partition coefficient (Wildman–Crippen LogP) is 2.44. The Morgan fingerprint density at radius 3 is 2.33 bits per heavy atom. The van der Waals surface area contributed by atoms with E-state index in [1.54, 1.807) is 27.5 Å². The average molecular weight is 391 g/mol. The molecule has 146 valence electrons. The van der Waals surface area contributed by atoms with Crippen LogP contribution in [0.5, 0.6) is 17.2 Å². The number of aromatic nitrogens is 1. The third kappa shape index (κ3) is 4.17. The van der Waals surface area contributed by atoms with Crippen molar-refractivity contribution in [3.8, 4) is 17.2 Å². The summed E-state index contributed by atoms with van der Waals surface area (Å²) in [6.45, 7) is 5.65. The fourth-order valence-electron chi connectivity index (χ4n) is 3.25. The predicted molar refractivity (Wildman–Crippen MR) is 104 cm³/mol. The molecule has 1 aliphatic heterocycles. The zero-order chi connectivity index (χ0) is 19.4. The van der Waals surface area contributed by atoms with Crippen molar-refractivity contribution in [1.82, 2.24) is 14.8 Å². The van der Waals surface area contributed by atoms with Crippen molar-refractivity contribution in [2.75, 3.05) is 47.5 Å². The molecule has 1 aromatic carbocycles. The second kappa shape index (κ2) is 8.58. The lowest BCUT2D eigenvalue weighted by Gasteiger charge is -2.34. The number of nitrogens with zero attached hydrogens (tertiary/aromatic N) is 3. The topological polar surface area (TPSA) is 64.1 Å². The average Bonchev–Trinajstić information content (AvgIpc) is 3.13. The van der Waals surface area contributed by atoms with E-state index in [4.69, 9.17) is 14.2 Å². The zero-order valence-corrected chi connectivity index (χ0v) is 17.0. The highest BCUT2D eigenvalue weighted by Gasteiger charge is 2.25. The Hall–Kier alpha value is -2.32. The number of thiazole rings is 1. The Labute approximate surface area is 163 Å². The first kappa shape index (κ1) is 19.4. The first-order valence-corrected chi connectivity index (χ1v) is 9.61. The van der Waals surface area contributed by atoms with E-state index < -0.39 is 0 Å². The van der Waals surface area contributed by atoms with Crippen LogP contribution in [0.3, 0.4) is 0 Å². The van der Waals surface area contributed by atoms with Crippen molar-refractivity contribution in [2.24, 2.45) is 0 Å². The highest BCUT2D eigenvalue weighted by atomic mass is 32.1. The summed E-state index contributed by atoms with van der Waals surface area (Å²) in [5.74, 6) is 2.01. The number of aryl methyl sites for hydroxylation is 1. The molecule has 3 rings (SSSR count).